The Kier molecular flexibility index (Phi) is 2.96. The molecular formula is C6H5N5S. The van der Waals surface area contributed by atoms with Crippen LogP contribution < -0.4 is 5.73 Å². The normalized spacial score (nSPS) is 8.00. The molecule has 0 aliphatic heterocycles. The van der Waals surface area contributed by atoms with Crippen LogP contribution >= 0.6 is 11.3 Å². The molecule has 6 heteroatoms. The van der Waals surface area contributed by atoms with Gasteiger partial charge >= 0.3 is 0 Å². The van der Waals surface area contributed by atoms with Crippen molar-refractivity contribution in [2.75, 3.05) is 12.3 Å². The monoisotopic (exact) mass is 179 g/mol. The van der Waals surface area contributed by atoms with Crippen molar-refractivity contribution in [2.24, 2.45) is 5.11 Å². The molecule has 0 atom stereocenters. The first-order chi connectivity index (χ1) is 5.83. The molecule has 0 saturated heterocycles. The van der Waals surface area contributed by atoms with E-state index in [1.54, 1.807) is 6.20 Å². The van der Waals surface area contributed by atoms with Gasteiger partial charge in [-0.2, -0.15) is 0 Å². The van der Waals surface area contributed by atoms with E-state index >= 15 is 0 Å². The second kappa shape index (κ2) is 4.23. The molecule has 0 aliphatic rings. The van der Waals surface area contributed by atoms with Gasteiger partial charge in [-0.1, -0.05) is 28.3 Å². The van der Waals surface area contributed by atoms with Gasteiger partial charge in [-0.3, -0.25) is 0 Å². The van der Waals surface area contributed by atoms with Crippen LogP contribution in [0.1, 0.15) is 4.88 Å². The first-order valence-corrected chi connectivity index (χ1v) is 3.85. The van der Waals surface area contributed by atoms with E-state index in [1.165, 1.54) is 11.3 Å². The Morgan fingerprint density at radius 3 is 3.25 bits per heavy atom. The Morgan fingerprint density at radius 2 is 2.67 bits per heavy atom. The molecule has 0 unspecified atom stereocenters. The fourth-order valence-electron chi connectivity index (χ4n) is 0.539. The molecule has 0 saturated carbocycles. The Hall–Kier alpha value is -1.70. The summed E-state index contributed by atoms with van der Waals surface area (Å²) in [5.74, 6) is 5.42. The van der Waals surface area contributed by atoms with Crippen LogP contribution in [0.15, 0.2) is 11.3 Å². The van der Waals surface area contributed by atoms with Gasteiger partial charge in [0.2, 0.25) is 0 Å². The van der Waals surface area contributed by atoms with Crippen LogP contribution in [-0.2, 0) is 0 Å². The number of nitrogen functional groups attached to an aromatic ring is 1. The zero-order valence-electron chi connectivity index (χ0n) is 6.06. The molecule has 1 heterocycles. The minimum absolute atomic E-state index is 0.175. The second-order valence-corrected chi connectivity index (χ2v) is 2.82. The summed E-state index contributed by atoms with van der Waals surface area (Å²) >= 11 is 1.30. The summed E-state index contributed by atoms with van der Waals surface area (Å²) in [6.07, 6.45) is 1.59. The van der Waals surface area contributed by atoms with Crippen molar-refractivity contribution in [3.63, 3.8) is 0 Å². The smallest absolute Gasteiger partial charge is 0.181 e. The summed E-state index contributed by atoms with van der Waals surface area (Å²) < 4.78 is 0. The lowest BCUT2D eigenvalue weighted by atomic mass is 10.5. The first-order valence-electron chi connectivity index (χ1n) is 3.04. The van der Waals surface area contributed by atoms with Gasteiger partial charge in [0, 0.05) is 4.91 Å². The third-order valence-corrected chi connectivity index (χ3v) is 1.69. The fourth-order valence-corrected chi connectivity index (χ4v) is 1.10. The Morgan fingerprint density at radius 1 is 1.83 bits per heavy atom. The van der Waals surface area contributed by atoms with E-state index in [2.05, 4.69) is 26.9 Å². The van der Waals surface area contributed by atoms with Crippen molar-refractivity contribution in [1.82, 2.24) is 4.98 Å². The fraction of sp³-hybridized carbons (Fsp3) is 0.167. The molecule has 0 radical (unpaired) electrons. The van der Waals surface area contributed by atoms with Crippen molar-refractivity contribution >= 4 is 16.5 Å². The average Bonchev–Trinajstić information content (AvgIpc) is 2.45. The van der Waals surface area contributed by atoms with Crippen LogP contribution in [0.5, 0.6) is 0 Å². The van der Waals surface area contributed by atoms with Gasteiger partial charge < -0.3 is 5.73 Å². The molecule has 1 rings (SSSR count). The molecule has 2 N–H and O–H groups in total. The number of anilines is 1. The van der Waals surface area contributed by atoms with Crippen LogP contribution in [0, 0.1) is 11.8 Å². The molecule has 12 heavy (non-hydrogen) atoms. The number of nitrogens with two attached hydrogens (primary N) is 1. The maximum atomic E-state index is 7.93. The van der Waals surface area contributed by atoms with Crippen molar-refractivity contribution in [1.29, 1.82) is 0 Å². The molecule has 0 spiro atoms. The van der Waals surface area contributed by atoms with Gasteiger partial charge in [0.1, 0.15) is 0 Å². The Bertz CT molecular complexity index is 365. The summed E-state index contributed by atoms with van der Waals surface area (Å²) in [4.78, 5) is 7.14. The van der Waals surface area contributed by atoms with Crippen molar-refractivity contribution < 1.29 is 0 Å². The molecule has 0 aliphatic carbocycles. The van der Waals surface area contributed by atoms with Crippen LogP contribution in [0.4, 0.5) is 5.13 Å². The van der Waals surface area contributed by atoms with Gasteiger partial charge in [-0.05, 0) is 5.53 Å². The van der Waals surface area contributed by atoms with E-state index in [0.29, 0.717) is 5.13 Å². The van der Waals surface area contributed by atoms with E-state index < -0.39 is 0 Å². The first kappa shape index (κ1) is 8.40. The summed E-state index contributed by atoms with van der Waals surface area (Å²) in [7, 11) is 0. The SMILES string of the molecule is [N-]=[N+]=NCC#Cc1cnc(N)s1. The van der Waals surface area contributed by atoms with Crippen LogP contribution in [-0.4, -0.2) is 11.5 Å². The van der Waals surface area contributed by atoms with Crippen LogP contribution in [0.25, 0.3) is 10.4 Å². The Balaban J connectivity index is 2.60. The number of nitrogens with zero attached hydrogens (tertiary/aromatic N) is 4. The van der Waals surface area contributed by atoms with E-state index in [-0.39, 0.29) is 6.54 Å². The highest BCUT2D eigenvalue weighted by Crippen LogP contribution is 2.11. The quantitative estimate of drug-likeness (QED) is 0.305. The van der Waals surface area contributed by atoms with Gasteiger partial charge in [0.15, 0.2) is 5.13 Å². The number of azide groups is 1. The van der Waals surface area contributed by atoms with E-state index in [4.69, 9.17) is 11.3 Å². The molecule has 0 fully saturated rings. The minimum Gasteiger partial charge on any atom is -0.375 e. The molecule has 5 nitrogen and oxygen atoms in total. The number of aromatic nitrogens is 1. The lowest BCUT2D eigenvalue weighted by Crippen LogP contribution is -1.77. The van der Waals surface area contributed by atoms with Crippen molar-refractivity contribution in [3.8, 4) is 11.8 Å². The average molecular weight is 179 g/mol. The third-order valence-electron chi connectivity index (χ3n) is 0.948. The lowest BCUT2D eigenvalue weighted by Gasteiger charge is -1.73. The second-order valence-electron chi connectivity index (χ2n) is 1.75. The summed E-state index contributed by atoms with van der Waals surface area (Å²) in [5.41, 5.74) is 13.3. The molecule has 60 valence electrons. The maximum Gasteiger partial charge on any atom is 0.181 e. The minimum atomic E-state index is 0.175. The van der Waals surface area contributed by atoms with E-state index in [9.17, 15) is 0 Å². The van der Waals surface area contributed by atoms with Crippen molar-refractivity contribution in [2.45, 2.75) is 0 Å². The maximum absolute atomic E-state index is 7.93. The molecule has 0 amide bonds. The molecule has 0 aromatic carbocycles. The predicted octanol–water partition coefficient (Wildman–Crippen LogP) is 1.39. The number of hydrogen-bond acceptors (Lipinski definition) is 4. The van der Waals surface area contributed by atoms with E-state index in [0.717, 1.165) is 4.88 Å². The largest absolute Gasteiger partial charge is 0.375 e. The number of rotatable bonds is 1. The third kappa shape index (κ3) is 2.50. The number of thiazole rings is 1. The molecule has 1 aromatic heterocycles. The van der Waals surface area contributed by atoms with Gasteiger partial charge in [-0.15, -0.1) is 0 Å². The highest BCUT2D eigenvalue weighted by molar-refractivity contribution is 7.15. The standard InChI is InChI=1S/C6H5N5S/c7-6-9-4-5(12-6)2-1-3-10-11-8/h4H,3H2,(H2,7,9). The molecular weight excluding hydrogens is 174 g/mol. The molecule has 0 bridgehead atoms. The topological polar surface area (TPSA) is 87.7 Å². The van der Waals surface area contributed by atoms with Crippen LogP contribution in [0.2, 0.25) is 0 Å². The van der Waals surface area contributed by atoms with E-state index in [1.807, 2.05) is 0 Å². The van der Waals surface area contributed by atoms with Crippen molar-refractivity contribution in [3.05, 3.63) is 21.5 Å². The van der Waals surface area contributed by atoms with Gasteiger partial charge in [-0.25, -0.2) is 4.98 Å². The zero-order chi connectivity index (χ0) is 8.81. The predicted molar refractivity (Wildman–Crippen MR) is 47.4 cm³/mol. The van der Waals surface area contributed by atoms with Crippen LogP contribution in [0.3, 0.4) is 0 Å². The highest BCUT2D eigenvalue weighted by Gasteiger charge is 1.91. The number of hydrogen-bond donors (Lipinski definition) is 1. The molecule has 1 aromatic rings. The van der Waals surface area contributed by atoms with Gasteiger partial charge in [0.05, 0.1) is 17.6 Å². The summed E-state index contributed by atoms with van der Waals surface area (Å²) in [6.45, 7) is 0.175. The zero-order valence-corrected chi connectivity index (χ0v) is 6.88. The highest BCUT2D eigenvalue weighted by atomic mass is 32.1. The Labute approximate surface area is 72.9 Å². The lowest BCUT2D eigenvalue weighted by molar-refractivity contribution is 1.25. The summed E-state index contributed by atoms with van der Waals surface area (Å²) in [6, 6.07) is 0. The summed E-state index contributed by atoms with van der Waals surface area (Å²) in [5, 5.41) is 3.74. The van der Waals surface area contributed by atoms with Gasteiger partial charge in [0.25, 0.3) is 0 Å².